The van der Waals surface area contributed by atoms with Crippen LogP contribution in [0.15, 0.2) is 34.9 Å². The molecular formula is C16H21NO. The second kappa shape index (κ2) is 5.57. The molecule has 1 aromatic heterocycles. The number of para-hydroxylation sites is 1. The molecule has 0 atom stereocenters. The van der Waals surface area contributed by atoms with Crippen LogP contribution in [0.4, 0.5) is 0 Å². The van der Waals surface area contributed by atoms with Gasteiger partial charge in [0.05, 0.1) is 6.26 Å². The van der Waals surface area contributed by atoms with Crippen LogP contribution in [0.3, 0.4) is 0 Å². The molecule has 2 heteroatoms. The van der Waals surface area contributed by atoms with Crippen molar-refractivity contribution in [1.29, 1.82) is 0 Å². The predicted octanol–water partition coefficient (Wildman–Crippen LogP) is 4.10. The van der Waals surface area contributed by atoms with Crippen molar-refractivity contribution in [1.82, 2.24) is 5.32 Å². The standard InChI is InChI=1S/C16H21NO/c1-2-6-13(7-3-1)10-17-11-14-12-18-16-9-5-4-8-15(14)16/h4-5,8-9,12-13,17H,1-3,6-7,10-11H2. The molecule has 0 amide bonds. The summed E-state index contributed by atoms with van der Waals surface area (Å²) in [6.45, 7) is 2.08. The Morgan fingerprint density at radius 3 is 2.83 bits per heavy atom. The van der Waals surface area contributed by atoms with Crippen molar-refractivity contribution in [3.05, 3.63) is 36.1 Å². The molecule has 1 heterocycles. The summed E-state index contributed by atoms with van der Waals surface area (Å²) in [6, 6.07) is 8.25. The van der Waals surface area contributed by atoms with Gasteiger partial charge in [0.15, 0.2) is 0 Å². The van der Waals surface area contributed by atoms with Crippen LogP contribution in [0.2, 0.25) is 0 Å². The molecule has 1 fully saturated rings. The number of rotatable bonds is 4. The first-order valence-electron chi connectivity index (χ1n) is 7.09. The third kappa shape index (κ3) is 2.59. The summed E-state index contributed by atoms with van der Waals surface area (Å²) in [6.07, 6.45) is 8.96. The minimum Gasteiger partial charge on any atom is -0.464 e. The summed E-state index contributed by atoms with van der Waals surface area (Å²) in [5.74, 6) is 0.886. The lowest BCUT2D eigenvalue weighted by Gasteiger charge is -2.21. The highest BCUT2D eigenvalue weighted by Gasteiger charge is 2.13. The van der Waals surface area contributed by atoms with Crippen molar-refractivity contribution in [2.75, 3.05) is 6.54 Å². The maximum atomic E-state index is 5.55. The fourth-order valence-electron chi connectivity index (χ4n) is 2.97. The summed E-state index contributed by atoms with van der Waals surface area (Å²) in [5.41, 5.74) is 2.27. The van der Waals surface area contributed by atoms with E-state index in [-0.39, 0.29) is 0 Å². The molecule has 0 radical (unpaired) electrons. The predicted molar refractivity (Wildman–Crippen MR) is 74.5 cm³/mol. The van der Waals surface area contributed by atoms with Crippen LogP contribution < -0.4 is 5.32 Å². The Labute approximate surface area is 108 Å². The van der Waals surface area contributed by atoms with E-state index < -0.39 is 0 Å². The molecule has 2 aromatic rings. The molecule has 96 valence electrons. The Hall–Kier alpha value is -1.28. The summed E-state index contributed by atoms with van der Waals surface area (Å²) in [7, 11) is 0. The Morgan fingerprint density at radius 1 is 1.11 bits per heavy atom. The molecule has 18 heavy (non-hydrogen) atoms. The van der Waals surface area contributed by atoms with E-state index in [1.165, 1.54) is 43.1 Å². The van der Waals surface area contributed by atoms with Crippen LogP contribution in [-0.4, -0.2) is 6.54 Å². The minimum absolute atomic E-state index is 0.886. The molecule has 1 aliphatic rings. The highest BCUT2D eigenvalue weighted by atomic mass is 16.3. The number of fused-ring (bicyclic) bond motifs is 1. The quantitative estimate of drug-likeness (QED) is 0.874. The molecule has 2 nitrogen and oxygen atoms in total. The van der Waals surface area contributed by atoms with Gasteiger partial charge in [0.2, 0.25) is 0 Å². The molecule has 0 saturated heterocycles. The first-order valence-corrected chi connectivity index (χ1v) is 7.09. The third-order valence-electron chi connectivity index (χ3n) is 4.03. The van der Waals surface area contributed by atoms with Gasteiger partial charge in [0.1, 0.15) is 5.58 Å². The zero-order chi connectivity index (χ0) is 12.2. The van der Waals surface area contributed by atoms with E-state index in [0.29, 0.717) is 0 Å². The van der Waals surface area contributed by atoms with Gasteiger partial charge in [-0.2, -0.15) is 0 Å². The number of hydrogen-bond donors (Lipinski definition) is 1. The number of furan rings is 1. The second-order valence-corrected chi connectivity index (χ2v) is 5.39. The van der Waals surface area contributed by atoms with Gasteiger partial charge in [-0.05, 0) is 31.4 Å². The van der Waals surface area contributed by atoms with Crippen molar-refractivity contribution < 1.29 is 4.42 Å². The van der Waals surface area contributed by atoms with E-state index in [2.05, 4.69) is 17.4 Å². The van der Waals surface area contributed by atoms with Crippen molar-refractivity contribution in [3.63, 3.8) is 0 Å². The van der Waals surface area contributed by atoms with Crippen LogP contribution in [0, 0.1) is 5.92 Å². The molecule has 1 saturated carbocycles. The van der Waals surface area contributed by atoms with E-state index in [0.717, 1.165) is 24.6 Å². The first-order chi connectivity index (χ1) is 8.93. The van der Waals surface area contributed by atoms with Crippen LogP contribution in [0.1, 0.15) is 37.7 Å². The molecule has 0 spiro atoms. The van der Waals surface area contributed by atoms with Gasteiger partial charge < -0.3 is 9.73 Å². The third-order valence-corrected chi connectivity index (χ3v) is 4.03. The largest absolute Gasteiger partial charge is 0.464 e. The van der Waals surface area contributed by atoms with Crippen LogP contribution in [-0.2, 0) is 6.54 Å². The average molecular weight is 243 g/mol. The van der Waals surface area contributed by atoms with Crippen molar-refractivity contribution in [3.8, 4) is 0 Å². The smallest absolute Gasteiger partial charge is 0.134 e. The van der Waals surface area contributed by atoms with Gasteiger partial charge in [-0.3, -0.25) is 0 Å². The molecule has 3 rings (SSSR count). The van der Waals surface area contributed by atoms with Gasteiger partial charge in [-0.15, -0.1) is 0 Å². The van der Waals surface area contributed by atoms with Crippen molar-refractivity contribution in [2.24, 2.45) is 5.92 Å². The zero-order valence-corrected chi connectivity index (χ0v) is 10.8. The number of benzene rings is 1. The monoisotopic (exact) mass is 243 g/mol. The normalized spacial score (nSPS) is 17.3. The molecular weight excluding hydrogens is 222 g/mol. The average Bonchev–Trinajstić information content (AvgIpc) is 2.84. The van der Waals surface area contributed by atoms with Crippen molar-refractivity contribution in [2.45, 2.75) is 38.6 Å². The maximum Gasteiger partial charge on any atom is 0.134 e. The van der Waals surface area contributed by atoms with Gasteiger partial charge >= 0.3 is 0 Å². The Morgan fingerprint density at radius 2 is 1.94 bits per heavy atom. The van der Waals surface area contributed by atoms with Crippen LogP contribution in [0.25, 0.3) is 11.0 Å². The molecule has 0 aliphatic heterocycles. The lowest BCUT2D eigenvalue weighted by Crippen LogP contribution is -2.23. The van der Waals surface area contributed by atoms with Gasteiger partial charge in [-0.1, -0.05) is 37.5 Å². The Balaban J connectivity index is 1.56. The Kier molecular flexibility index (Phi) is 3.65. The molecule has 1 N–H and O–H groups in total. The van der Waals surface area contributed by atoms with E-state index in [1.807, 2.05) is 18.4 Å². The highest BCUT2D eigenvalue weighted by Crippen LogP contribution is 2.23. The van der Waals surface area contributed by atoms with Gasteiger partial charge in [0.25, 0.3) is 0 Å². The molecule has 1 aliphatic carbocycles. The lowest BCUT2D eigenvalue weighted by molar-refractivity contribution is 0.342. The Bertz CT molecular complexity index is 497. The molecule has 0 unspecified atom stereocenters. The summed E-state index contributed by atoms with van der Waals surface area (Å²) >= 11 is 0. The maximum absolute atomic E-state index is 5.55. The van der Waals surface area contributed by atoms with Crippen molar-refractivity contribution >= 4 is 11.0 Å². The highest BCUT2D eigenvalue weighted by molar-refractivity contribution is 5.80. The topological polar surface area (TPSA) is 25.2 Å². The van der Waals surface area contributed by atoms with E-state index in [1.54, 1.807) is 0 Å². The fraction of sp³-hybridized carbons (Fsp3) is 0.500. The molecule has 0 bridgehead atoms. The fourth-order valence-corrected chi connectivity index (χ4v) is 2.97. The van der Waals surface area contributed by atoms with E-state index in [4.69, 9.17) is 4.42 Å². The first kappa shape index (κ1) is 11.8. The van der Waals surface area contributed by atoms with Gasteiger partial charge in [0, 0.05) is 17.5 Å². The SMILES string of the molecule is c1ccc2c(CNCC3CCCCC3)coc2c1. The minimum atomic E-state index is 0.886. The van der Waals surface area contributed by atoms with Gasteiger partial charge in [-0.25, -0.2) is 0 Å². The number of hydrogen-bond acceptors (Lipinski definition) is 2. The molecule has 1 aromatic carbocycles. The van der Waals surface area contributed by atoms with Crippen LogP contribution in [0.5, 0.6) is 0 Å². The zero-order valence-electron chi connectivity index (χ0n) is 10.8. The van der Waals surface area contributed by atoms with Crippen LogP contribution >= 0.6 is 0 Å². The van der Waals surface area contributed by atoms with E-state index in [9.17, 15) is 0 Å². The number of nitrogens with one attached hydrogen (secondary N) is 1. The lowest BCUT2D eigenvalue weighted by atomic mass is 9.89. The summed E-state index contributed by atoms with van der Waals surface area (Å²) in [4.78, 5) is 0. The summed E-state index contributed by atoms with van der Waals surface area (Å²) in [5, 5.41) is 4.83. The summed E-state index contributed by atoms with van der Waals surface area (Å²) < 4.78 is 5.55. The second-order valence-electron chi connectivity index (χ2n) is 5.39. The van der Waals surface area contributed by atoms with E-state index >= 15 is 0 Å².